The summed E-state index contributed by atoms with van der Waals surface area (Å²) in [5.41, 5.74) is 4.50. The Bertz CT molecular complexity index is 1420. The third kappa shape index (κ3) is 4.75. The molecular formula is C24H19ClFN7. The molecule has 9 heteroatoms. The topological polar surface area (TPSA) is 80.6 Å². The SMILES string of the molecule is Cc1nc2cc(Nc3nc(Cl)nc(Nc4ccc(F)cc4)n3)ccc2n1Cc1ccccc1. The number of imidazole rings is 1. The number of benzene rings is 3. The van der Waals surface area contributed by atoms with E-state index in [0.29, 0.717) is 5.69 Å². The van der Waals surface area contributed by atoms with Gasteiger partial charge in [0.25, 0.3) is 0 Å². The molecule has 0 spiro atoms. The summed E-state index contributed by atoms with van der Waals surface area (Å²) in [7, 11) is 0. The zero-order valence-corrected chi connectivity index (χ0v) is 18.4. The maximum atomic E-state index is 13.1. The summed E-state index contributed by atoms with van der Waals surface area (Å²) >= 11 is 6.09. The van der Waals surface area contributed by atoms with Gasteiger partial charge >= 0.3 is 0 Å². The van der Waals surface area contributed by atoms with Crippen LogP contribution in [0.1, 0.15) is 11.4 Å². The highest BCUT2D eigenvalue weighted by atomic mass is 35.5. The molecule has 2 N–H and O–H groups in total. The van der Waals surface area contributed by atoms with Gasteiger partial charge in [0.15, 0.2) is 0 Å². The Labute approximate surface area is 194 Å². The molecule has 0 saturated carbocycles. The van der Waals surface area contributed by atoms with Crippen molar-refractivity contribution in [1.82, 2.24) is 24.5 Å². The minimum atomic E-state index is -0.326. The number of hydrogen-bond donors (Lipinski definition) is 2. The van der Waals surface area contributed by atoms with Crippen LogP contribution < -0.4 is 10.6 Å². The van der Waals surface area contributed by atoms with E-state index in [2.05, 4.69) is 42.3 Å². The van der Waals surface area contributed by atoms with Gasteiger partial charge in [-0.25, -0.2) is 9.37 Å². The maximum absolute atomic E-state index is 13.1. The van der Waals surface area contributed by atoms with Gasteiger partial charge in [-0.3, -0.25) is 0 Å². The number of hydrogen-bond acceptors (Lipinski definition) is 6. The highest BCUT2D eigenvalue weighted by Crippen LogP contribution is 2.24. The largest absolute Gasteiger partial charge is 0.324 e. The smallest absolute Gasteiger partial charge is 0.233 e. The van der Waals surface area contributed by atoms with Crippen LogP contribution in [0.5, 0.6) is 0 Å². The van der Waals surface area contributed by atoms with Crippen LogP contribution in [-0.2, 0) is 6.54 Å². The summed E-state index contributed by atoms with van der Waals surface area (Å²) < 4.78 is 15.3. The Kier molecular flexibility index (Phi) is 5.58. The second-order valence-electron chi connectivity index (χ2n) is 7.44. The lowest BCUT2D eigenvalue weighted by atomic mass is 10.2. The molecule has 3 aromatic carbocycles. The molecule has 2 heterocycles. The van der Waals surface area contributed by atoms with Gasteiger partial charge in [-0.05, 0) is 66.6 Å². The second kappa shape index (κ2) is 8.84. The lowest BCUT2D eigenvalue weighted by molar-refractivity contribution is 0.628. The first-order chi connectivity index (χ1) is 16.0. The van der Waals surface area contributed by atoms with Gasteiger partial charge in [0.2, 0.25) is 17.2 Å². The van der Waals surface area contributed by atoms with Crippen molar-refractivity contribution in [2.75, 3.05) is 10.6 Å². The standard InChI is InChI=1S/C24H19ClFN7/c1-15-27-20-13-19(11-12-21(20)33(15)14-16-5-3-2-4-6-16)29-24-31-22(25)30-23(32-24)28-18-9-7-17(26)8-10-18/h2-13H,14H2,1H3,(H2,28,29,30,31,32). The first-order valence-electron chi connectivity index (χ1n) is 10.3. The Morgan fingerprint density at radius 1 is 0.818 bits per heavy atom. The van der Waals surface area contributed by atoms with E-state index in [4.69, 9.17) is 16.6 Å². The van der Waals surface area contributed by atoms with Crippen LogP contribution in [0.4, 0.5) is 27.7 Å². The van der Waals surface area contributed by atoms with Gasteiger partial charge in [0.05, 0.1) is 11.0 Å². The lowest BCUT2D eigenvalue weighted by Crippen LogP contribution is -2.04. The molecule has 7 nitrogen and oxygen atoms in total. The van der Waals surface area contributed by atoms with Crippen LogP contribution in [0.15, 0.2) is 72.8 Å². The second-order valence-corrected chi connectivity index (χ2v) is 7.78. The van der Waals surface area contributed by atoms with E-state index in [1.54, 1.807) is 12.1 Å². The van der Waals surface area contributed by atoms with Crippen LogP contribution in [0, 0.1) is 12.7 Å². The first-order valence-corrected chi connectivity index (χ1v) is 10.6. The van der Waals surface area contributed by atoms with Gasteiger partial charge in [-0.2, -0.15) is 15.0 Å². The van der Waals surface area contributed by atoms with Crippen molar-refractivity contribution in [1.29, 1.82) is 0 Å². The summed E-state index contributed by atoms with van der Waals surface area (Å²) in [5, 5.41) is 6.18. The van der Waals surface area contributed by atoms with E-state index in [1.807, 2.05) is 43.3 Å². The van der Waals surface area contributed by atoms with E-state index in [-0.39, 0.29) is 23.0 Å². The normalized spacial score (nSPS) is 11.0. The maximum Gasteiger partial charge on any atom is 0.233 e. The number of aryl methyl sites for hydroxylation is 1. The third-order valence-corrected chi connectivity index (χ3v) is 5.26. The molecule has 164 valence electrons. The monoisotopic (exact) mass is 459 g/mol. The molecule has 0 fully saturated rings. The van der Waals surface area contributed by atoms with E-state index in [0.717, 1.165) is 29.1 Å². The van der Waals surface area contributed by atoms with Gasteiger partial charge < -0.3 is 15.2 Å². The number of rotatable bonds is 6. The van der Waals surface area contributed by atoms with Crippen LogP contribution in [0.25, 0.3) is 11.0 Å². The Morgan fingerprint density at radius 2 is 1.48 bits per heavy atom. The third-order valence-electron chi connectivity index (χ3n) is 5.09. The van der Waals surface area contributed by atoms with Crippen molar-refractivity contribution < 1.29 is 4.39 Å². The zero-order valence-electron chi connectivity index (χ0n) is 17.6. The number of nitrogens with zero attached hydrogens (tertiary/aromatic N) is 5. The van der Waals surface area contributed by atoms with Crippen molar-refractivity contribution in [2.45, 2.75) is 13.5 Å². The number of fused-ring (bicyclic) bond motifs is 1. The molecule has 0 aliphatic carbocycles. The van der Waals surface area contributed by atoms with Crippen molar-refractivity contribution in [3.05, 3.63) is 95.3 Å². The Morgan fingerprint density at radius 3 is 2.21 bits per heavy atom. The molecule has 0 bridgehead atoms. The summed E-state index contributed by atoms with van der Waals surface area (Å²) in [5.74, 6) is 1.13. The van der Waals surface area contributed by atoms with Gasteiger partial charge in [-0.15, -0.1) is 0 Å². The highest BCUT2D eigenvalue weighted by molar-refractivity contribution is 6.28. The molecule has 0 aliphatic rings. The zero-order chi connectivity index (χ0) is 22.8. The molecule has 0 aliphatic heterocycles. The number of anilines is 4. The van der Waals surface area contributed by atoms with Gasteiger partial charge in [0, 0.05) is 17.9 Å². The van der Waals surface area contributed by atoms with Gasteiger partial charge in [-0.1, -0.05) is 30.3 Å². The summed E-state index contributed by atoms with van der Waals surface area (Å²) in [4.78, 5) is 17.3. The van der Waals surface area contributed by atoms with E-state index in [9.17, 15) is 4.39 Å². The average molecular weight is 460 g/mol. The molecule has 5 aromatic rings. The fraction of sp³-hybridized carbons (Fsp3) is 0.0833. The fourth-order valence-corrected chi connectivity index (χ4v) is 3.71. The number of halogens is 2. The average Bonchev–Trinajstić information content (AvgIpc) is 3.10. The van der Waals surface area contributed by atoms with Gasteiger partial charge in [0.1, 0.15) is 11.6 Å². The number of aromatic nitrogens is 5. The van der Waals surface area contributed by atoms with Crippen LogP contribution >= 0.6 is 11.6 Å². The summed E-state index contributed by atoms with van der Waals surface area (Å²) in [6, 6.07) is 22.0. The van der Waals surface area contributed by atoms with Crippen LogP contribution in [0.3, 0.4) is 0 Å². The van der Waals surface area contributed by atoms with E-state index < -0.39 is 0 Å². The fourth-order valence-electron chi connectivity index (χ4n) is 3.55. The van der Waals surface area contributed by atoms with Crippen molar-refractivity contribution in [3.63, 3.8) is 0 Å². The lowest BCUT2D eigenvalue weighted by Gasteiger charge is -2.09. The molecular weight excluding hydrogens is 441 g/mol. The molecule has 0 radical (unpaired) electrons. The summed E-state index contributed by atoms with van der Waals surface area (Å²) in [6.07, 6.45) is 0. The van der Waals surface area contributed by atoms with E-state index >= 15 is 0 Å². The molecule has 0 saturated heterocycles. The van der Waals surface area contributed by atoms with Crippen molar-refractivity contribution in [2.24, 2.45) is 0 Å². The quantitative estimate of drug-likeness (QED) is 0.331. The minimum absolute atomic E-state index is 0.0289. The molecule has 2 aromatic heterocycles. The Balaban J connectivity index is 1.39. The molecule has 0 unspecified atom stereocenters. The minimum Gasteiger partial charge on any atom is -0.324 e. The van der Waals surface area contributed by atoms with Crippen LogP contribution in [0.2, 0.25) is 5.28 Å². The predicted molar refractivity (Wildman–Crippen MR) is 128 cm³/mol. The summed E-state index contributed by atoms with van der Waals surface area (Å²) in [6.45, 7) is 2.74. The molecule has 5 rings (SSSR count). The number of nitrogens with one attached hydrogen (secondary N) is 2. The van der Waals surface area contributed by atoms with Crippen molar-refractivity contribution in [3.8, 4) is 0 Å². The molecule has 33 heavy (non-hydrogen) atoms. The molecule has 0 atom stereocenters. The van der Waals surface area contributed by atoms with E-state index in [1.165, 1.54) is 17.7 Å². The van der Waals surface area contributed by atoms with Crippen LogP contribution in [-0.4, -0.2) is 24.5 Å². The highest BCUT2D eigenvalue weighted by Gasteiger charge is 2.11. The van der Waals surface area contributed by atoms with Crippen molar-refractivity contribution >= 4 is 45.9 Å². The first kappa shape index (κ1) is 20.8. The molecule has 0 amide bonds. The Hall–Kier alpha value is -4.04. The predicted octanol–water partition coefficient (Wildman–Crippen LogP) is 5.86.